The molecular weight excluding hydrogens is 304 g/mol. The zero-order valence-electron chi connectivity index (χ0n) is 13.4. The van der Waals surface area contributed by atoms with E-state index in [1.165, 1.54) is 0 Å². The van der Waals surface area contributed by atoms with Crippen LogP contribution in [0.25, 0.3) is 0 Å². The van der Waals surface area contributed by atoms with Crippen LogP contribution < -0.4 is 11.1 Å². The second-order valence-corrected chi connectivity index (χ2v) is 6.10. The van der Waals surface area contributed by atoms with E-state index < -0.39 is 12.2 Å². The smallest absolute Gasteiger partial charge is 0.411 e. The highest BCUT2D eigenvalue weighted by atomic mass is 16.5. The van der Waals surface area contributed by atoms with Crippen molar-refractivity contribution in [2.75, 3.05) is 5.32 Å². The van der Waals surface area contributed by atoms with Crippen molar-refractivity contribution in [2.45, 2.75) is 38.0 Å². The molecule has 1 aliphatic rings. The van der Waals surface area contributed by atoms with E-state index >= 15 is 0 Å². The van der Waals surface area contributed by atoms with Crippen molar-refractivity contribution >= 4 is 11.8 Å². The maximum absolute atomic E-state index is 11.9. The Bertz CT molecular complexity index is 703. The molecule has 0 aliphatic heterocycles. The lowest BCUT2D eigenvalue weighted by Gasteiger charge is -2.18. The topological polar surface area (TPSA) is 84.6 Å². The molecule has 3 rings (SSSR count). The van der Waals surface area contributed by atoms with Gasteiger partial charge in [0.1, 0.15) is 6.61 Å². The number of ether oxygens (including phenoxy) is 1. The van der Waals surface area contributed by atoms with Crippen molar-refractivity contribution in [3.8, 4) is 0 Å². The molecule has 5 heteroatoms. The van der Waals surface area contributed by atoms with Gasteiger partial charge < -0.3 is 15.6 Å². The number of hydrogen-bond acceptors (Lipinski definition) is 4. The van der Waals surface area contributed by atoms with E-state index in [0.717, 1.165) is 36.0 Å². The number of nitrogens with one attached hydrogen (secondary N) is 1. The summed E-state index contributed by atoms with van der Waals surface area (Å²) in [5.74, 6) is 0. The van der Waals surface area contributed by atoms with Crippen LogP contribution in [0.3, 0.4) is 0 Å². The van der Waals surface area contributed by atoms with Crippen LogP contribution in [0.4, 0.5) is 10.5 Å². The molecule has 1 aliphatic carbocycles. The molecule has 4 N–H and O–H groups in total. The minimum atomic E-state index is -0.651. The summed E-state index contributed by atoms with van der Waals surface area (Å²) in [5, 5.41) is 13.0. The Morgan fingerprint density at radius 2 is 2.04 bits per heavy atom. The molecule has 0 bridgehead atoms. The van der Waals surface area contributed by atoms with E-state index in [9.17, 15) is 9.90 Å². The van der Waals surface area contributed by atoms with Crippen molar-refractivity contribution in [3.05, 3.63) is 65.2 Å². The second-order valence-electron chi connectivity index (χ2n) is 6.10. The summed E-state index contributed by atoms with van der Waals surface area (Å²) in [6.07, 6.45) is 1.41. The quantitative estimate of drug-likeness (QED) is 0.757. The molecule has 0 unspecified atom stereocenters. The van der Waals surface area contributed by atoms with Crippen molar-refractivity contribution < 1.29 is 14.6 Å². The summed E-state index contributed by atoms with van der Waals surface area (Å²) in [7, 11) is 0. The number of aliphatic hydroxyl groups excluding tert-OH is 1. The molecule has 0 heterocycles. The number of amides is 1. The Balaban J connectivity index is 1.63. The molecule has 0 saturated carbocycles. The highest BCUT2D eigenvalue weighted by molar-refractivity contribution is 5.84. The van der Waals surface area contributed by atoms with Crippen molar-refractivity contribution in [1.82, 2.24) is 0 Å². The first kappa shape index (κ1) is 16.5. The van der Waals surface area contributed by atoms with Crippen LogP contribution in [0, 0.1) is 0 Å². The summed E-state index contributed by atoms with van der Waals surface area (Å²) in [6, 6.07) is 14.8. The van der Waals surface area contributed by atoms with Crippen LogP contribution in [0.2, 0.25) is 0 Å². The number of nitrogens with two attached hydrogens (primary N) is 1. The van der Waals surface area contributed by atoms with Crippen LogP contribution in [0.1, 0.15) is 35.6 Å². The number of aryl methyl sites for hydroxylation is 1. The third-order valence-corrected chi connectivity index (χ3v) is 4.31. The maximum Gasteiger partial charge on any atom is 0.411 e. The molecule has 2 aromatic carbocycles. The number of carbonyl (C=O) groups is 1. The molecular formula is C19H22N2O3. The third-order valence-electron chi connectivity index (χ3n) is 4.31. The van der Waals surface area contributed by atoms with Crippen LogP contribution >= 0.6 is 0 Å². The van der Waals surface area contributed by atoms with Gasteiger partial charge in [0.05, 0.1) is 6.10 Å². The van der Waals surface area contributed by atoms with Crippen LogP contribution in [-0.2, 0) is 17.8 Å². The number of hydrogen-bond donors (Lipinski definition) is 3. The van der Waals surface area contributed by atoms with E-state index in [1.807, 2.05) is 42.5 Å². The van der Waals surface area contributed by atoms with Gasteiger partial charge in [-0.25, -0.2) is 4.79 Å². The molecule has 0 radical (unpaired) electrons. The molecule has 1 amide bonds. The van der Waals surface area contributed by atoms with Gasteiger partial charge in [-0.3, -0.25) is 5.32 Å². The molecule has 0 aromatic heterocycles. The lowest BCUT2D eigenvalue weighted by Crippen LogP contribution is -2.27. The molecule has 24 heavy (non-hydrogen) atoms. The first-order valence-electron chi connectivity index (χ1n) is 8.17. The van der Waals surface area contributed by atoms with Crippen molar-refractivity contribution in [1.29, 1.82) is 0 Å². The lowest BCUT2D eigenvalue weighted by molar-refractivity contribution is 0.144. The number of fused-ring (bicyclic) bond motifs is 1. The maximum atomic E-state index is 11.9. The minimum absolute atomic E-state index is 0.227. The minimum Gasteiger partial charge on any atom is -0.444 e. The zero-order chi connectivity index (χ0) is 16.9. The summed E-state index contributed by atoms with van der Waals surface area (Å²) < 4.78 is 5.22. The van der Waals surface area contributed by atoms with Gasteiger partial charge in [-0.05, 0) is 48.1 Å². The highest BCUT2D eigenvalue weighted by Gasteiger charge is 2.23. The second kappa shape index (κ2) is 7.47. The predicted octanol–water partition coefficient (Wildman–Crippen LogP) is 3.13. The Morgan fingerprint density at radius 1 is 1.25 bits per heavy atom. The van der Waals surface area contributed by atoms with Gasteiger partial charge in [0.2, 0.25) is 0 Å². The van der Waals surface area contributed by atoms with E-state index in [4.69, 9.17) is 10.5 Å². The third kappa shape index (κ3) is 3.93. The largest absolute Gasteiger partial charge is 0.444 e. The molecule has 0 fully saturated rings. The SMILES string of the molecule is N[C@@H]1CCCc2cc(NC(=O)OCc3ccccc3)ccc2[C@H]1O. The molecule has 2 atom stereocenters. The first-order valence-corrected chi connectivity index (χ1v) is 8.17. The summed E-state index contributed by atoms with van der Waals surface area (Å²) in [4.78, 5) is 11.9. The van der Waals surface area contributed by atoms with Gasteiger partial charge in [0.25, 0.3) is 0 Å². The summed E-state index contributed by atoms with van der Waals surface area (Å²) in [6.45, 7) is 0.227. The fourth-order valence-electron chi connectivity index (χ4n) is 2.98. The van der Waals surface area contributed by atoms with Crippen LogP contribution in [0.15, 0.2) is 48.5 Å². The number of carbonyl (C=O) groups excluding carboxylic acids is 1. The van der Waals surface area contributed by atoms with Crippen molar-refractivity contribution in [3.63, 3.8) is 0 Å². The van der Waals surface area contributed by atoms with Crippen LogP contribution in [0.5, 0.6) is 0 Å². The van der Waals surface area contributed by atoms with Gasteiger partial charge >= 0.3 is 6.09 Å². The molecule has 0 spiro atoms. The number of anilines is 1. The fraction of sp³-hybridized carbons (Fsp3) is 0.316. The van der Waals surface area contributed by atoms with E-state index in [1.54, 1.807) is 6.07 Å². The Hall–Kier alpha value is -2.37. The van der Waals surface area contributed by atoms with E-state index in [-0.39, 0.29) is 12.6 Å². The monoisotopic (exact) mass is 326 g/mol. The summed E-state index contributed by atoms with van der Waals surface area (Å²) in [5.41, 5.74) is 9.44. The number of aliphatic hydroxyl groups is 1. The molecule has 0 saturated heterocycles. The number of rotatable bonds is 3. The molecule has 126 valence electrons. The average Bonchev–Trinajstić information content (AvgIpc) is 2.73. The first-order chi connectivity index (χ1) is 11.6. The van der Waals surface area contributed by atoms with Gasteiger partial charge in [0.15, 0.2) is 0 Å². The highest BCUT2D eigenvalue weighted by Crippen LogP contribution is 2.30. The predicted molar refractivity (Wildman–Crippen MR) is 92.6 cm³/mol. The van der Waals surface area contributed by atoms with Gasteiger partial charge in [-0.15, -0.1) is 0 Å². The Labute approximate surface area is 141 Å². The van der Waals surface area contributed by atoms with Crippen molar-refractivity contribution in [2.24, 2.45) is 5.73 Å². The zero-order valence-corrected chi connectivity index (χ0v) is 13.4. The summed E-state index contributed by atoms with van der Waals surface area (Å²) >= 11 is 0. The lowest BCUT2D eigenvalue weighted by atomic mass is 9.98. The molecule has 5 nitrogen and oxygen atoms in total. The van der Waals surface area contributed by atoms with Gasteiger partial charge in [0, 0.05) is 11.7 Å². The molecule has 2 aromatic rings. The average molecular weight is 326 g/mol. The Morgan fingerprint density at radius 3 is 2.83 bits per heavy atom. The Kier molecular flexibility index (Phi) is 5.13. The van der Waals surface area contributed by atoms with Crippen LogP contribution in [-0.4, -0.2) is 17.2 Å². The van der Waals surface area contributed by atoms with Gasteiger partial charge in [-0.2, -0.15) is 0 Å². The normalized spacial score (nSPS) is 19.9. The van der Waals surface area contributed by atoms with E-state index in [0.29, 0.717) is 5.69 Å². The number of benzene rings is 2. The van der Waals surface area contributed by atoms with E-state index in [2.05, 4.69) is 5.32 Å². The van der Waals surface area contributed by atoms with Gasteiger partial charge in [-0.1, -0.05) is 36.4 Å². The fourth-order valence-corrected chi connectivity index (χ4v) is 2.98. The standard InChI is InChI=1S/C19H22N2O3/c20-17-8-4-7-14-11-15(9-10-16(14)18(17)22)21-19(23)24-12-13-5-2-1-3-6-13/h1-3,5-6,9-11,17-18,22H,4,7-8,12,20H2,(H,21,23)/t17-,18-/m1/s1.